The van der Waals surface area contributed by atoms with Crippen molar-refractivity contribution in [1.29, 1.82) is 0 Å². The van der Waals surface area contributed by atoms with E-state index in [0.717, 1.165) is 11.1 Å². The fourth-order valence-electron chi connectivity index (χ4n) is 1.77. The summed E-state index contributed by atoms with van der Waals surface area (Å²) in [7, 11) is 0. The smallest absolute Gasteiger partial charge is 0.407 e. The largest absolute Gasteiger partial charge is 0.465 e. The van der Waals surface area contributed by atoms with Gasteiger partial charge in [0.05, 0.1) is 6.61 Å². The average molecular weight is 251 g/mol. The van der Waals surface area contributed by atoms with Crippen LogP contribution in [0.2, 0.25) is 0 Å². The number of carbonyl (C=O) groups is 1. The lowest BCUT2D eigenvalue weighted by atomic mass is 10.0. The van der Waals surface area contributed by atoms with Gasteiger partial charge in [0.1, 0.15) is 0 Å². The summed E-state index contributed by atoms with van der Waals surface area (Å²) in [6.07, 6.45) is -0.218. The molecule has 0 saturated carbocycles. The number of hydrogen-bond donors (Lipinski definition) is 2. The molecule has 0 atom stereocenters. The lowest BCUT2D eigenvalue weighted by Gasteiger charge is -2.33. The average Bonchev–Trinajstić information content (AvgIpc) is 2.28. The lowest BCUT2D eigenvalue weighted by molar-refractivity contribution is 0.101. The van der Waals surface area contributed by atoms with Gasteiger partial charge in [0.2, 0.25) is 0 Å². The summed E-state index contributed by atoms with van der Waals surface area (Å²) < 4.78 is 0. The molecule has 0 spiro atoms. The summed E-state index contributed by atoms with van der Waals surface area (Å²) in [5.74, 6) is 0. The Balaban J connectivity index is 2.64. The Morgan fingerprint density at radius 2 is 1.67 bits per heavy atom. The van der Waals surface area contributed by atoms with Gasteiger partial charge in [-0.15, -0.1) is 0 Å². The minimum atomic E-state index is -0.894. The van der Waals surface area contributed by atoms with E-state index >= 15 is 0 Å². The van der Waals surface area contributed by atoms with E-state index in [-0.39, 0.29) is 6.61 Å². The van der Waals surface area contributed by atoms with Crippen molar-refractivity contribution in [1.82, 2.24) is 4.90 Å². The normalized spacial score (nSPS) is 11.3. The summed E-state index contributed by atoms with van der Waals surface area (Å²) in [5, 5.41) is 18.1. The maximum absolute atomic E-state index is 11.2. The first kappa shape index (κ1) is 14.5. The molecular formula is C14H21NO3. The molecule has 0 heterocycles. The van der Waals surface area contributed by atoms with Crippen LogP contribution in [0.25, 0.3) is 0 Å². The number of aliphatic hydroxyl groups excluding tert-OH is 1. The van der Waals surface area contributed by atoms with Crippen molar-refractivity contribution in [3.63, 3.8) is 0 Å². The quantitative estimate of drug-likeness (QED) is 0.864. The van der Waals surface area contributed by atoms with Gasteiger partial charge in [-0.05, 0) is 38.3 Å². The first-order valence-corrected chi connectivity index (χ1v) is 6.04. The fraction of sp³-hybridized carbons (Fsp3) is 0.500. The zero-order valence-electron chi connectivity index (χ0n) is 11.2. The first-order valence-electron chi connectivity index (χ1n) is 6.04. The Morgan fingerprint density at radius 1 is 1.17 bits per heavy atom. The molecule has 0 radical (unpaired) electrons. The molecule has 0 bridgehead atoms. The molecular weight excluding hydrogens is 230 g/mol. The third kappa shape index (κ3) is 4.04. The van der Waals surface area contributed by atoms with Crippen molar-refractivity contribution >= 4 is 6.09 Å². The molecule has 0 unspecified atom stereocenters. The molecule has 4 heteroatoms. The second-order valence-corrected chi connectivity index (χ2v) is 5.33. The maximum Gasteiger partial charge on any atom is 0.407 e. The Morgan fingerprint density at radius 3 is 2.06 bits per heavy atom. The van der Waals surface area contributed by atoms with Crippen LogP contribution in [0.1, 0.15) is 31.9 Å². The lowest BCUT2D eigenvalue weighted by Crippen LogP contribution is -2.45. The predicted molar refractivity (Wildman–Crippen MR) is 70.6 cm³/mol. The summed E-state index contributed by atoms with van der Waals surface area (Å²) in [5.41, 5.74) is 1.55. The van der Waals surface area contributed by atoms with Crippen LogP contribution in [-0.2, 0) is 13.0 Å². The second kappa shape index (κ2) is 5.87. The van der Waals surface area contributed by atoms with Crippen molar-refractivity contribution < 1.29 is 15.0 Å². The van der Waals surface area contributed by atoms with E-state index in [4.69, 9.17) is 10.2 Å². The van der Waals surface area contributed by atoms with Crippen LogP contribution in [-0.4, -0.2) is 33.3 Å². The van der Waals surface area contributed by atoms with E-state index in [2.05, 4.69) is 0 Å². The van der Waals surface area contributed by atoms with Crippen LogP contribution in [0, 0.1) is 0 Å². The van der Waals surface area contributed by atoms with Gasteiger partial charge in [0, 0.05) is 12.1 Å². The monoisotopic (exact) mass is 251 g/mol. The number of carboxylic acid groups (broad SMARTS) is 1. The predicted octanol–water partition coefficient (Wildman–Crippen LogP) is 2.50. The van der Waals surface area contributed by atoms with Crippen LogP contribution >= 0.6 is 0 Å². The molecule has 1 amide bonds. The topological polar surface area (TPSA) is 60.8 Å². The standard InChI is InChI=1S/C14H21NO3/c1-14(2,3)15(13(17)18)9-8-11-4-6-12(10-16)7-5-11/h4-7,16H,8-10H2,1-3H3,(H,17,18). The molecule has 4 nitrogen and oxygen atoms in total. The number of nitrogens with zero attached hydrogens (tertiary/aromatic N) is 1. The molecule has 0 fully saturated rings. The van der Waals surface area contributed by atoms with Crippen molar-refractivity contribution in [3.8, 4) is 0 Å². The van der Waals surface area contributed by atoms with Crippen molar-refractivity contribution in [2.24, 2.45) is 0 Å². The third-order valence-electron chi connectivity index (χ3n) is 2.87. The summed E-state index contributed by atoms with van der Waals surface area (Å²) in [4.78, 5) is 12.6. The van der Waals surface area contributed by atoms with Gasteiger partial charge in [-0.3, -0.25) is 0 Å². The third-order valence-corrected chi connectivity index (χ3v) is 2.87. The Hall–Kier alpha value is -1.55. The fourth-order valence-corrected chi connectivity index (χ4v) is 1.77. The van der Waals surface area contributed by atoms with E-state index in [1.807, 2.05) is 45.0 Å². The van der Waals surface area contributed by atoms with Crippen LogP contribution in [0.4, 0.5) is 4.79 Å². The van der Waals surface area contributed by atoms with Crippen molar-refractivity contribution in [2.75, 3.05) is 6.54 Å². The van der Waals surface area contributed by atoms with Gasteiger partial charge in [-0.1, -0.05) is 24.3 Å². The van der Waals surface area contributed by atoms with Crippen LogP contribution < -0.4 is 0 Å². The van der Waals surface area contributed by atoms with Gasteiger partial charge >= 0.3 is 6.09 Å². The van der Waals surface area contributed by atoms with Crippen molar-refractivity contribution in [2.45, 2.75) is 39.3 Å². The molecule has 0 aromatic heterocycles. The highest BCUT2D eigenvalue weighted by Gasteiger charge is 2.25. The van der Waals surface area contributed by atoms with Crippen LogP contribution in [0.15, 0.2) is 24.3 Å². The highest BCUT2D eigenvalue weighted by molar-refractivity contribution is 5.66. The van der Waals surface area contributed by atoms with Crippen molar-refractivity contribution in [3.05, 3.63) is 35.4 Å². The zero-order valence-corrected chi connectivity index (χ0v) is 11.2. The molecule has 0 saturated heterocycles. The number of hydrogen-bond acceptors (Lipinski definition) is 2. The van der Waals surface area contributed by atoms with E-state index in [0.29, 0.717) is 13.0 Å². The van der Waals surface area contributed by atoms with E-state index in [1.165, 1.54) is 4.90 Å². The number of rotatable bonds is 4. The number of aliphatic hydroxyl groups is 1. The Kier molecular flexibility index (Phi) is 4.73. The molecule has 0 aliphatic rings. The van der Waals surface area contributed by atoms with E-state index in [9.17, 15) is 4.79 Å². The van der Waals surface area contributed by atoms with Gasteiger partial charge in [0.25, 0.3) is 0 Å². The molecule has 0 aliphatic heterocycles. The Labute approximate surface area is 108 Å². The summed E-state index contributed by atoms with van der Waals surface area (Å²) in [6, 6.07) is 7.57. The summed E-state index contributed by atoms with van der Waals surface area (Å²) in [6.45, 7) is 6.16. The highest BCUT2D eigenvalue weighted by Crippen LogP contribution is 2.15. The molecule has 18 heavy (non-hydrogen) atoms. The first-order chi connectivity index (χ1) is 8.34. The summed E-state index contributed by atoms with van der Waals surface area (Å²) >= 11 is 0. The maximum atomic E-state index is 11.2. The van der Waals surface area contributed by atoms with Gasteiger partial charge in [-0.2, -0.15) is 0 Å². The molecule has 1 rings (SSSR count). The van der Waals surface area contributed by atoms with Crippen LogP contribution in [0.3, 0.4) is 0 Å². The molecule has 100 valence electrons. The number of amides is 1. The SMILES string of the molecule is CC(C)(C)N(CCc1ccc(CO)cc1)C(=O)O. The molecule has 0 aliphatic carbocycles. The zero-order chi connectivity index (χ0) is 13.8. The van der Waals surface area contributed by atoms with E-state index in [1.54, 1.807) is 0 Å². The molecule has 1 aromatic rings. The van der Waals surface area contributed by atoms with E-state index < -0.39 is 11.6 Å². The van der Waals surface area contributed by atoms with Gasteiger partial charge < -0.3 is 15.1 Å². The molecule has 2 N–H and O–H groups in total. The Bertz CT molecular complexity index is 392. The van der Waals surface area contributed by atoms with Gasteiger partial charge in [-0.25, -0.2) is 4.79 Å². The minimum absolute atomic E-state index is 0.0313. The van der Waals surface area contributed by atoms with Crippen LogP contribution in [0.5, 0.6) is 0 Å². The van der Waals surface area contributed by atoms with Gasteiger partial charge in [0.15, 0.2) is 0 Å². The number of benzene rings is 1. The minimum Gasteiger partial charge on any atom is -0.465 e. The molecule has 1 aromatic carbocycles. The second-order valence-electron chi connectivity index (χ2n) is 5.33. The highest BCUT2D eigenvalue weighted by atomic mass is 16.4.